The SMILES string of the molecule is C#C.CN(C)C[C@H]1CCCCN1.[HH]. The number of hydrogen-bond acceptors (Lipinski definition) is 2. The predicted molar refractivity (Wildman–Crippen MR) is 56.2 cm³/mol. The maximum absolute atomic E-state index is 4.00. The van der Waals surface area contributed by atoms with E-state index in [2.05, 4.69) is 37.2 Å². The Kier molecular flexibility index (Phi) is 6.84. The normalized spacial score (nSPS) is 22.9. The van der Waals surface area contributed by atoms with Gasteiger partial charge in [0.15, 0.2) is 0 Å². The number of rotatable bonds is 2. The highest BCUT2D eigenvalue weighted by Gasteiger charge is 2.11. The highest BCUT2D eigenvalue weighted by atomic mass is 15.1. The third-order valence-corrected chi connectivity index (χ3v) is 2.00. The van der Waals surface area contributed by atoms with Crippen molar-refractivity contribution < 1.29 is 1.43 Å². The lowest BCUT2D eigenvalue weighted by atomic mass is 10.1. The van der Waals surface area contributed by atoms with Crippen molar-refractivity contribution in [3.05, 3.63) is 0 Å². The third kappa shape index (κ3) is 5.17. The summed E-state index contributed by atoms with van der Waals surface area (Å²) in [5.41, 5.74) is 0. The summed E-state index contributed by atoms with van der Waals surface area (Å²) < 4.78 is 0. The lowest BCUT2D eigenvalue weighted by molar-refractivity contribution is 0.298. The number of hydrogen-bond donors (Lipinski definition) is 1. The fraction of sp³-hybridized carbons (Fsp3) is 0.800. The maximum Gasteiger partial charge on any atom is 0.0194 e. The monoisotopic (exact) mass is 170 g/mol. The van der Waals surface area contributed by atoms with Crippen LogP contribution in [-0.4, -0.2) is 38.1 Å². The van der Waals surface area contributed by atoms with E-state index >= 15 is 0 Å². The molecular weight excluding hydrogens is 148 g/mol. The van der Waals surface area contributed by atoms with E-state index in [1.807, 2.05) is 0 Å². The second-order valence-corrected chi connectivity index (χ2v) is 3.41. The lowest BCUT2D eigenvalue weighted by Gasteiger charge is -2.25. The van der Waals surface area contributed by atoms with Crippen molar-refractivity contribution >= 4 is 0 Å². The van der Waals surface area contributed by atoms with Gasteiger partial charge in [-0.05, 0) is 33.5 Å². The van der Waals surface area contributed by atoms with Gasteiger partial charge in [0.25, 0.3) is 0 Å². The Hall–Kier alpha value is -0.520. The first-order chi connectivity index (χ1) is 5.79. The molecule has 1 aliphatic rings. The molecule has 1 N–H and O–H groups in total. The van der Waals surface area contributed by atoms with E-state index in [4.69, 9.17) is 0 Å². The Morgan fingerprint density at radius 2 is 2.08 bits per heavy atom. The summed E-state index contributed by atoms with van der Waals surface area (Å²) >= 11 is 0. The second-order valence-electron chi connectivity index (χ2n) is 3.41. The number of piperidine rings is 1. The molecule has 1 rings (SSSR count). The molecule has 0 aromatic rings. The van der Waals surface area contributed by atoms with Crippen molar-refractivity contribution in [3.63, 3.8) is 0 Å². The van der Waals surface area contributed by atoms with E-state index in [1.54, 1.807) is 0 Å². The third-order valence-electron chi connectivity index (χ3n) is 2.00. The minimum atomic E-state index is 0. The first kappa shape index (κ1) is 11.5. The summed E-state index contributed by atoms with van der Waals surface area (Å²) in [5, 5.41) is 3.51. The minimum Gasteiger partial charge on any atom is -0.313 e. The quantitative estimate of drug-likeness (QED) is 0.626. The molecule has 0 saturated carbocycles. The summed E-state index contributed by atoms with van der Waals surface area (Å²) in [6, 6.07) is 0.753. The molecule has 0 unspecified atom stereocenters. The number of nitrogens with zero attached hydrogens (tertiary/aromatic N) is 1. The van der Waals surface area contributed by atoms with Crippen molar-refractivity contribution in [3.8, 4) is 12.8 Å². The molecule has 1 saturated heterocycles. The average molecular weight is 170 g/mol. The molecular formula is C10H22N2. The Morgan fingerprint density at radius 3 is 2.50 bits per heavy atom. The molecule has 0 bridgehead atoms. The topological polar surface area (TPSA) is 15.3 Å². The van der Waals surface area contributed by atoms with Gasteiger partial charge in [-0.15, -0.1) is 12.8 Å². The van der Waals surface area contributed by atoms with Crippen LogP contribution >= 0.6 is 0 Å². The van der Waals surface area contributed by atoms with Crippen LogP contribution in [0.5, 0.6) is 0 Å². The smallest absolute Gasteiger partial charge is 0.0194 e. The standard InChI is InChI=1S/C8H18N2.C2H2.H2/c1-10(2)7-8-5-3-4-6-9-8;1-2;/h8-9H,3-7H2,1-2H3;1-2H;1H/t8-;;/m1../s1. The molecule has 0 aromatic carbocycles. The molecule has 1 atom stereocenters. The summed E-state index contributed by atoms with van der Waals surface area (Å²) in [6.07, 6.45) is 12.1. The van der Waals surface area contributed by atoms with E-state index in [0.29, 0.717) is 0 Å². The molecule has 0 radical (unpaired) electrons. The van der Waals surface area contributed by atoms with Crippen molar-refractivity contribution in [2.24, 2.45) is 0 Å². The Bertz CT molecular complexity index is 117. The van der Waals surface area contributed by atoms with Crippen molar-refractivity contribution in [2.45, 2.75) is 25.3 Å². The van der Waals surface area contributed by atoms with E-state index in [0.717, 1.165) is 6.04 Å². The fourth-order valence-corrected chi connectivity index (χ4v) is 1.52. The number of terminal acetylenes is 1. The molecule has 0 aromatic heterocycles. The molecule has 0 aliphatic carbocycles. The van der Waals surface area contributed by atoms with Gasteiger partial charge in [-0.25, -0.2) is 0 Å². The average Bonchev–Trinajstić information content (AvgIpc) is 2.08. The molecule has 1 aliphatic heterocycles. The van der Waals surface area contributed by atoms with E-state index in [-0.39, 0.29) is 1.43 Å². The van der Waals surface area contributed by atoms with E-state index in [1.165, 1.54) is 32.4 Å². The van der Waals surface area contributed by atoms with Gasteiger partial charge in [0.05, 0.1) is 0 Å². The molecule has 1 heterocycles. The lowest BCUT2D eigenvalue weighted by Crippen LogP contribution is -2.41. The van der Waals surface area contributed by atoms with Crippen LogP contribution < -0.4 is 5.32 Å². The largest absolute Gasteiger partial charge is 0.313 e. The Labute approximate surface area is 77.8 Å². The Morgan fingerprint density at radius 1 is 1.42 bits per heavy atom. The predicted octanol–water partition coefficient (Wildman–Crippen LogP) is 1.19. The van der Waals surface area contributed by atoms with Crippen LogP contribution in [0.4, 0.5) is 0 Å². The maximum atomic E-state index is 4.00. The summed E-state index contributed by atoms with van der Waals surface area (Å²) in [6.45, 7) is 2.42. The van der Waals surface area contributed by atoms with Crippen LogP contribution in [0.1, 0.15) is 20.7 Å². The molecule has 2 nitrogen and oxygen atoms in total. The zero-order chi connectivity index (χ0) is 9.40. The fourth-order valence-electron chi connectivity index (χ4n) is 1.52. The van der Waals surface area contributed by atoms with Crippen molar-refractivity contribution in [1.82, 2.24) is 10.2 Å². The van der Waals surface area contributed by atoms with Gasteiger partial charge in [-0.1, -0.05) is 6.42 Å². The first-order valence-corrected chi connectivity index (χ1v) is 4.50. The van der Waals surface area contributed by atoms with Crippen molar-refractivity contribution in [1.29, 1.82) is 0 Å². The molecule has 0 amide bonds. The molecule has 72 valence electrons. The van der Waals surface area contributed by atoms with Crippen LogP contribution in [0.3, 0.4) is 0 Å². The molecule has 2 heteroatoms. The van der Waals surface area contributed by atoms with Crippen LogP contribution in [0.15, 0.2) is 0 Å². The van der Waals surface area contributed by atoms with Gasteiger partial charge in [0.1, 0.15) is 0 Å². The minimum absolute atomic E-state index is 0. The van der Waals surface area contributed by atoms with Gasteiger partial charge in [0.2, 0.25) is 0 Å². The summed E-state index contributed by atoms with van der Waals surface area (Å²) in [5.74, 6) is 0. The Balaban J connectivity index is 0. The van der Waals surface area contributed by atoms with Crippen LogP contribution in [-0.2, 0) is 0 Å². The summed E-state index contributed by atoms with van der Waals surface area (Å²) in [7, 11) is 4.27. The van der Waals surface area contributed by atoms with Gasteiger partial charge in [-0.3, -0.25) is 0 Å². The van der Waals surface area contributed by atoms with Gasteiger partial charge < -0.3 is 10.2 Å². The summed E-state index contributed by atoms with van der Waals surface area (Å²) in [4.78, 5) is 2.25. The zero-order valence-corrected chi connectivity index (χ0v) is 8.21. The number of likely N-dealkylation sites (N-methyl/N-ethyl adjacent to an activating group) is 1. The first-order valence-electron chi connectivity index (χ1n) is 4.50. The van der Waals surface area contributed by atoms with Crippen molar-refractivity contribution in [2.75, 3.05) is 27.2 Å². The van der Waals surface area contributed by atoms with Gasteiger partial charge in [-0.2, -0.15) is 0 Å². The van der Waals surface area contributed by atoms with E-state index in [9.17, 15) is 0 Å². The van der Waals surface area contributed by atoms with Crippen LogP contribution in [0.25, 0.3) is 0 Å². The highest BCUT2D eigenvalue weighted by molar-refractivity contribution is 4.73. The van der Waals surface area contributed by atoms with Crippen LogP contribution in [0, 0.1) is 12.8 Å². The van der Waals surface area contributed by atoms with Crippen LogP contribution in [0.2, 0.25) is 0 Å². The van der Waals surface area contributed by atoms with Gasteiger partial charge >= 0.3 is 0 Å². The van der Waals surface area contributed by atoms with Gasteiger partial charge in [0, 0.05) is 14.0 Å². The second kappa shape index (κ2) is 7.15. The molecule has 0 spiro atoms. The highest BCUT2D eigenvalue weighted by Crippen LogP contribution is 2.06. The number of nitrogens with one attached hydrogen (secondary N) is 1. The van der Waals surface area contributed by atoms with E-state index < -0.39 is 0 Å². The molecule has 1 fully saturated rings. The zero-order valence-electron chi connectivity index (χ0n) is 8.21. The molecule has 12 heavy (non-hydrogen) atoms.